The van der Waals surface area contributed by atoms with E-state index in [9.17, 15) is 9.59 Å². The minimum absolute atomic E-state index is 0.0696. The molecule has 1 fully saturated rings. The van der Waals surface area contributed by atoms with Crippen molar-refractivity contribution >= 4 is 12.3 Å². The van der Waals surface area contributed by atoms with Crippen LogP contribution in [0.15, 0.2) is 12.3 Å². The van der Waals surface area contributed by atoms with Gasteiger partial charge >= 0.3 is 6.03 Å². The number of aldehydes is 1. The van der Waals surface area contributed by atoms with Gasteiger partial charge in [-0.05, 0) is 12.5 Å². The molecule has 0 spiro atoms. The van der Waals surface area contributed by atoms with Gasteiger partial charge in [-0.15, -0.1) is 0 Å². The van der Waals surface area contributed by atoms with Gasteiger partial charge in [0.15, 0.2) is 0 Å². The molecule has 2 N–H and O–H groups in total. The Hall–Kier alpha value is -1.40. The summed E-state index contributed by atoms with van der Waals surface area (Å²) in [5.74, 6) is 0.0979. The molecule has 3 atom stereocenters. The van der Waals surface area contributed by atoms with E-state index in [1.807, 2.05) is 6.92 Å². The summed E-state index contributed by atoms with van der Waals surface area (Å²) in [5, 5.41) is 11.5. The van der Waals surface area contributed by atoms with E-state index in [1.165, 1.54) is 24.2 Å². The first-order valence-electron chi connectivity index (χ1n) is 5.52. The smallest absolute Gasteiger partial charge is 0.323 e. The van der Waals surface area contributed by atoms with Crippen molar-refractivity contribution in [1.82, 2.24) is 10.2 Å². The average molecular weight is 242 g/mol. The molecule has 17 heavy (non-hydrogen) atoms. The van der Waals surface area contributed by atoms with Crippen molar-refractivity contribution < 1.29 is 19.4 Å². The summed E-state index contributed by atoms with van der Waals surface area (Å²) < 4.78 is 5.55. The molecule has 0 radical (unpaired) electrons. The summed E-state index contributed by atoms with van der Waals surface area (Å²) in [5.41, 5.74) is 0. The van der Waals surface area contributed by atoms with E-state index in [4.69, 9.17) is 9.84 Å². The first kappa shape index (κ1) is 13.7. The van der Waals surface area contributed by atoms with Crippen molar-refractivity contribution in [3.05, 3.63) is 12.3 Å². The number of nitrogens with one attached hydrogen (secondary N) is 1. The van der Waals surface area contributed by atoms with Gasteiger partial charge in [0.2, 0.25) is 0 Å². The fourth-order valence-electron chi connectivity index (χ4n) is 1.90. The predicted octanol–water partition coefficient (Wildman–Crippen LogP) is 0.0838. The number of rotatable bonds is 4. The third-order valence-electron chi connectivity index (χ3n) is 2.70. The van der Waals surface area contributed by atoms with Crippen LogP contribution in [0.1, 0.15) is 13.3 Å². The van der Waals surface area contributed by atoms with Crippen LogP contribution in [0.5, 0.6) is 0 Å². The highest BCUT2D eigenvalue weighted by molar-refractivity contribution is 5.76. The Balaban J connectivity index is 2.79. The predicted molar refractivity (Wildman–Crippen MR) is 61.0 cm³/mol. The minimum atomic E-state index is -0.455. The minimum Gasteiger partial charge on any atom is -0.394 e. The van der Waals surface area contributed by atoms with E-state index in [1.54, 1.807) is 0 Å². The number of hydrogen-bond acceptors (Lipinski definition) is 4. The second kappa shape index (κ2) is 6.36. The lowest BCUT2D eigenvalue weighted by Crippen LogP contribution is -2.44. The molecule has 6 heteroatoms. The summed E-state index contributed by atoms with van der Waals surface area (Å²) in [6, 6.07) is -0.349. The summed E-state index contributed by atoms with van der Waals surface area (Å²) in [6.45, 7) is 1.87. The van der Waals surface area contributed by atoms with E-state index < -0.39 is 6.23 Å². The largest absolute Gasteiger partial charge is 0.394 e. The molecule has 1 aliphatic rings. The molecule has 96 valence electrons. The third kappa shape index (κ3) is 3.28. The van der Waals surface area contributed by atoms with Gasteiger partial charge < -0.3 is 15.2 Å². The zero-order valence-electron chi connectivity index (χ0n) is 10.00. The highest BCUT2D eigenvalue weighted by atomic mass is 16.5. The Morgan fingerprint density at radius 1 is 1.65 bits per heavy atom. The topological polar surface area (TPSA) is 78.9 Å². The van der Waals surface area contributed by atoms with Gasteiger partial charge in [0.05, 0.1) is 12.7 Å². The molecule has 0 aromatic rings. The molecular weight excluding hydrogens is 224 g/mol. The Bertz CT molecular complexity index is 306. The zero-order chi connectivity index (χ0) is 12.8. The number of amides is 2. The van der Waals surface area contributed by atoms with Crippen molar-refractivity contribution in [2.24, 2.45) is 5.92 Å². The monoisotopic (exact) mass is 242 g/mol. The third-order valence-corrected chi connectivity index (χ3v) is 2.70. The number of ether oxygens (including phenoxy) is 1. The highest BCUT2D eigenvalue weighted by Crippen LogP contribution is 2.28. The normalized spacial score (nSPS) is 28.3. The van der Waals surface area contributed by atoms with Crippen molar-refractivity contribution in [3.63, 3.8) is 0 Å². The van der Waals surface area contributed by atoms with Crippen LogP contribution < -0.4 is 5.32 Å². The molecule has 0 aromatic heterocycles. The molecule has 1 heterocycles. The van der Waals surface area contributed by atoms with E-state index in [2.05, 4.69) is 5.32 Å². The molecule has 0 aliphatic carbocycles. The van der Waals surface area contributed by atoms with Crippen LogP contribution in [-0.2, 0) is 9.53 Å². The Morgan fingerprint density at radius 3 is 2.82 bits per heavy atom. The molecule has 0 saturated carbocycles. The summed E-state index contributed by atoms with van der Waals surface area (Å²) in [4.78, 5) is 23.3. The number of allylic oxidation sites excluding steroid dienone is 1. The molecule has 1 rings (SSSR count). The first-order chi connectivity index (χ1) is 8.13. The second-order valence-electron chi connectivity index (χ2n) is 3.98. The van der Waals surface area contributed by atoms with Gasteiger partial charge in [0, 0.05) is 19.2 Å². The van der Waals surface area contributed by atoms with Crippen LogP contribution in [0, 0.1) is 5.92 Å². The maximum Gasteiger partial charge on any atom is 0.323 e. The number of aliphatic hydroxyl groups is 1. The maximum atomic E-state index is 11.7. The van der Waals surface area contributed by atoms with Gasteiger partial charge in [-0.1, -0.05) is 6.92 Å². The lowest BCUT2D eigenvalue weighted by Gasteiger charge is -2.27. The highest BCUT2D eigenvalue weighted by Gasteiger charge is 2.37. The van der Waals surface area contributed by atoms with Crippen LogP contribution in [0.4, 0.5) is 4.79 Å². The zero-order valence-corrected chi connectivity index (χ0v) is 10.00. The number of carbonyl (C=O) groups is 2. The summed E-state index contributed by atoms with van der Waals surface area (Å²) in [7, 11) is 1.51. The first-order valence-corrected chi connectivity index (χ1v) is 5.52. The van der Waals surface area contributed by atoms with Crippen LogP contribution in [0.3, 0.4) is 0 Å². The lowest BCUT2D eigenvalue weighted by atomic mass is 10.1. The van der Waals surface area contributed by atoms with Crippen molar-refractivity contribution in [3.8, 4) is 0 Å². The van der Waals surface area contributed by atoms with E-state index in [0.29, 0.717) is 12.7 Å². The van der Waals surface area contributed by atoms with Gasteiger partial charge in [-0.3, -0.25) is 9.69 Å². The summed E-state index contributed by atoms with van der Waals surface area (Å²) >= 11 is 0. The molecule has 2 amide bonds. The van der Waals surface area contributed by atoms with Gasteiger partial charge in [-0.2, -0.15) is 0 Å². The molecule has 1 aliphatic heterocycles. The standard InChI is InChI=1S/C11H18N2O4/c1-8-6-9(7-15)17-10(8)13(4-3-5-14)11(16)12-2/h3-5,8-10,15H,6-7H2,1-2H3,(H,12,16)/b4-3-. The number of urea groups is 1. The Labute approximate surface area is 100 Å². The van der Waals surface area contributed by atoms with Crippen molar-refractivity contribution in [2.45, 2.75) is 25.7 Å². The van der Waals surface area contributed by atoms with Crippen LogP contribution >= 0.6 is 0 Å². The van der Waals surface area contributed by atoms with Crippen molar-refractivity contribution in [2.75, 3.05) is 13.7 Å². The average Bonchev–Trinajstić information content (AvgIpc) is 2.71. The molecule has 1 saturated heterocycles. The summed E-state index contributed by atoms with van der Waals surface area (Å²) in [6.07, 6.45) is 3.18. The number of nitrogens with zero attached hydrogens (tertiary/aromatic N) is 1. The van der Waals surface area contributed by atoms with Crippen molar-refractivity contribution in [1.29, 1.82) is 0 Å². The quantitative estimate of drug-likeness (QED) is 0.540. The molecule has 0 bridgehead atoms. The number of carbonyl (C=O) groups excluding carboxylic acids is 2. The number of hydrogen-bond donors (Lipinski definition) is 2. The van der Waals surface area contributed by atoms with Gasteiger partial charge in [-0.25, -0.2) is 4.79 Å². The van der Waals surface area contributed by atoms with E-state index in [0.717, 1.165) is 0 Å². The van der Waals surface area contributed by atoms with Crippen LogP contribution in [0.25, 0.3) is 0 Å². The van der Waals surface area contributed by atoms with Gasteiger partial charge in [0.1, 0.15) is 12.5 Å². The molecule has 6 nitrogen and oxygen atoms in total. The Morgan fingerprint density at radius 2 is 2.35 bits per heavy atom. The fourth-order valence-corrected chi connectivity index (χ4v) is 1.90. The molecule has 3 unspecified atom stereocenters. The van der Waals surface area contributed by atoms with Crippen LogP contribution in [0.2, 0.25) is 0 Å². The van der Waals surface area contributed by atoms with Crippen LogP contribution in [-0.4, -0.2) is 48.3 Å². The SMILES string of the molecule is CNC(=O)N(/C=C\C=O)C1OC(CO)CC1C. The van der Waals surface area contributed by atoms with Gasteiger partial charge in [0.25, 0.3) is 0 Å². The van der Waals surface area contributed by atoms with E-state index >= 15 is 0 Å². The lowest BCUT2D eigenvalue weighted by molar-refractivity contribution is -0.104. The molecule has 0 aromatic carbocycles. The maximum absolute atomic E-state index is 11.7. The number of aliphatic hydroxyl groups excluding tert-OH is 1. The van der Waals surface area contributed by atoms with E-state index in [-0.39, 0.29) is 24.7 Å². The molecular formula is C11H18N2O4. The Kier molecular flexibility index (Phi) is 5.11. The fraction of sp³-hybridized carbons (Fsp3) is 0.636. The second-order valence-corrected chi connectivity index (χ2v) is 3.98.